The maximum absolute atomic E-state index is 12.4. The Morgan fingerprint density at radius 1 is 1.12 bits per heavy atom. The van der Waals surface area contributed by atoms with E-state index in [4.69, 9.17) is 16.3 Å². The second-order valence-corrected chi connectivity index (χ2v) is 7.15. The van der Waals surface area contributed by atoms with Crippen LogP contribution in [0.4, 0.5) is 11.4 Å². The standard InChI is InChI=1S/C21H25ClN2O2/c1-15-12-17(13-16(2)21(15)22)26-14-20(25)23-18-8-4-5-9-19(18)24-10-6-3-7-11-24/h4-5,8-9,12-13H,3,6-7,10-11,14H2,1-2H3,(H,23,25). The number of piperidine rings is 1. The number of nitrogens with zero attached hydrogens (tertiary/aromatic N) is 1. The van der Waals surface area contributed by atoms with Crippen molar-refractivity contribution in [3.63, 3.8) is 0 Å². The molecular formula is C21H25ClN2O2. The van der Waals surface area contributed by atoms with Crippen molar-refractivity contribution in [1.29, 1.82) is 0 Å². The molecule has 1 aliphatic rings. The van der Waals surface area contributed by atoms with E-state index in [1.54, 1.807) is 0 Å². The van der Waals surface area contributed by atoms with Crippen LogP contribution in [0.3, 0.4) is 0 Å². The Labute approximate surface area is 160 Å². The van der Waals surface area contributed by atoms with Crippen LogP contribution in [0.2, 0.25) is 5.02 Å². The fourth-order valence-corrected chi connectivity index (χ4v) is 3.42. The van der Waals surface area contributed by atoms with Gasteiger partial charge in [-0.2, -0.15) is 0 Å². The highest BCUT2D eigenvalue weighted by atomic mass is 35.5. The van der Waals surface area contributed by atoms with Crippen molar-refractivity contribution in [1.82, 2.24) is 0 Å². The van der Waals surface area contributed by atoms with Crippen LogP contribution in [0.1, 0.15) is 30.4 Å². The lowest BCUT2D eigenvalue weighted by Crippen LogP contribution is -2.30. The van der Waals surface area contributed by atoms with Crippen molar-refractivity contribution in [3.8, 4) is 5.75 Å². The lowest BCUT2D eigenvalue weighted by atomic mass is 10.1. The maximum Gasteiger partial charge on any atom is 0.262 e. The highest BCUT2D eigenvalue weighted by Gasteiger charge is 2.15. The van der Waals surface area contributed by atoms with Crippen molar-refractivity contribution in [3.05, 3.63) is 52.5 Å². The molecule has 0 aliphatic carbocycles. The maximum atomic E-state index is 12.4. The summed E-state index contributed by atoms with van der Waals surface area (Å²) in [6.07, 6.45) is 3.67. The van der Waals surface area contributed by atoms with Gasteiger partial charge >= 0.3 is 0 Å². The van der Waals surface area contributed by atoms with Gasteiger partial charge in [-0.1, -0.05) is 23.7 Å². The first-order valence-corrected chi connectivity index (χ1v) is 9.46. The Morgan fingerprint density at radius 3 is 2.46 bits per heavy atom. The molecule has 0 unspecified atom stereocenters. The third-order valence-corrected chi connectivity index (χ3v) is 5.25. The summed E-state index contributed by atoms with van der Waals surface area (Å²) in [6.45, 7) is 5.89. The number of carbonyl (C=O) groups is 1. The van der Waals surface area contributed by atoms with Gasteiger partial charge in [0.15, 0.2) is 6.61 Å². The van der Waals surface area contributed by atoms with Crippen molar-refractivity contribution in [2.24, 2.45) is 0 Å². The first-order chi connectivity index (χ1) is 12.5. The molecule has 0 saturated carbocycles. The van der Waals surface area contributed by atoms with E-state index in [9.17, 15) is 4.79 Å². The number of hydrogen-bond acceptors (Lipinski definition) is 3. The molecule has 0 spiro atoms. The minimum atomic E-state index is -0.167. The van der Waals surface area contributed by atoms with Crippen LogP contribution >= 0.6 is 11.6 Å². The summed E-state index contributed by atoms with van der Waals surface area (Å²) in [5.41, 5.74) is 3.81. The van der Waals surface area contributed by atoms with Gasteiger partial charge in [-0.25, -0.2) is 0 Å². The number of carbonyl (C=O) groups excluding carboxylic acids is 1. The molecule has 1 amide bonds. The number of benzene rings is 2. The van der Waals surface area contributed by atoms with E-state index in [2.05, 4.69) is 16.3 Å². The number of hydrogen-bond donors (Lipinski definition) is 1. The zero-order valence-corrected chi connectivity index (χ0v) is 16.1. The fourth-order valence-electron chi connectivity index (χ4n) is 3.31. The van der Waals surface area contributed by atoms with Crippen LogP contribution in [0.5, 0.6) is 5.75 Å². The number of anilines is 2. The van der Waals surface area contributed by atoms with Crippen molar-refractivity contribution < 1.29 is 9.53 Å². The molecule has 1 heterocycles. The van der Waals surface area contributed by atoms with E-state index in [0.717, 1.165) is 40.6 Å². The van der Waals surface area contributed by atoms with Gasteiger partial charge in [-0.3, -0.25) is 4.79 Å². The molecule has 3 rings (SSSR count). The molecule has 0 aromatic heterocycles. The van der Waals surface area contributed by atoms with Crippen LogP contribution in [-0.2, 0) is 4.79 Å². The first kappa shape index (κ1) is 18.6. The molecule has 26 heavy (non-hydrogen) atoms. The Bertz CT molecular complexity index is 762. The third kappa shape index (κ3) is 4.50. The van der Waals surface area contributed by atoms with Gasteiger partial charge in [0.25, 0.3) is 5.91 Å². The highest BCUT2D eigenvalue weighted by Crippen LogP contribution is 2.29. The molecule has 2 aromatic rings. The van der Waals surface area contributed by atoms with Gasteiger partial charge in [0.2, 0.25) is 0 Å². The first-order valence-electron chi connectivity index (χ1n) is 9.08. The normalized spacial score (nSPS) is 14.2. The molecule has 138 valence electrons. The van der Waals surface area contributed by atoms with Gasteiger partial charge in [-0.05, 0) is 68.5 Å². The summed E-state index contributed by atoms with van der Waals surface area (Å²) in [7, 11) is 0. The van der Waals surface area contributed by atoms with E-state index in [1.165, 1.54) is 19.3 Å². The molecule has 1 fully saturated rings. The van der Waals surface area contributed by atoms with Crippen molar-refractivity contribution in [2.45, 2.75) is 33.1 Å². The summed E-state index contributed by atoms with van der Waals surface area (Å²) >= 11 is 6.17. The molecule has 4 nitrogen and oxygen atoms in total. The third-order valence-electron chi connectivity index (χ3n) is 4.65. The topological polar surface area (TPSA) is 41.6 Å². The zero-order valence-electron chi connectivity index (χ0n) is 15.3. The van der Waals surface area contributed by atoms with Crippen molar-refractivity contribution >= 4 is 28.9 Å². The number of nitrogens with one attached hydrogen (secondary N) is 1. The van der Waals surface area contributed by atoms with Crippen LogP contribution < -0.4 is 15.0 Å². The summed E-state index contributed by atoms with van der Waals surface area (Å²) in [6, 6.07) is 11.7. The van der Waals surface area contributed by atoms with E-state index in [-0.39, 0.29) is 12.5 Å². The second kappa shape index (κ2) is 8.45. The number of amides is 1. The minimum absolute atomic E-state index is 0.0329. The summed E-state index contributed by atoms with van der Waals surface area (Å²) < 4.78 is 5.66. The van der Waals surface area contributed by atoms with Gasteiger partial charge in [0.05, 0.1) is 11.4 Å². The molecule has 1 saturated heterocycles. The van der Waals surface area contributed by atoms with Crippen LogP contribution in [-0.4, -0.2) is 25.6 Å². The number of ether oxygens (including phenoxy) is 1. The molecule has 0 bridgehead atoms. The number of para-hydroxylation sites is 2. The van der Waals surface area contributed by atoms with E-state index >= 15 is 0 Å². The van der Waals surface area contributed by atoms with E-state index < -0.39 is 0 Å². The summed E-state index contributed by atoms with van der Waals surface area (Å²) in [5, 5.41) is 3.72. The van der Waals surface area contributed by atoms with Crippen LogP contribution in [0.15, 0.2) is 36.4 Å². The lowest BCUT2D eigenvalue weighted by molar-refractivity contribution is -0.118. The average Bonchev–Trinajstić information content (AvgIpc) is 2.65. The Morgan fingerprint density at radius 2 is 1.77 bits per heavy atom. The van der Waals surface area contributed by atoms with Crippen LogP contribution in [0.25, 0.3) is 0 Å². The van der Waals surface area contributed by atoms with E-state index in [0.29, 0.717) is 5.75 Å². The molecule has 1 aliphatic heterocycles. The number of halogens is 1. The molecular weight excluding hydrogens is 348 g/mol. The number of rotatable bonds is 5. The lowest BCUT2D eigenvalue weighted by Gasteiger charge is -2.30. The van der Waals surface area contributed by atoms with Gasteiger partial charge in [0, 0.05) is 18.1 Å². The van der Waals surface area contributed by atoms with Crippen LogP contribution in [0, 0.1) is 13.8 Å². The van der Waals surface area contributed by atoms with E-state index in [1.807, 2.05) is 44.2 Å². The zero-order chi connectivity index (χ0) is 18.5. The largest absolute Gasteiger partial charge is 0.484 e. The SMILES string of the molecule is Cc1cc(OCC(=O)Nc2ccccc2N2CCCCC2)cc(C)c1Cl. The average molecular weight is 373 g/mol. The molecule has 2 aromatic carbocycles. The minimum Gasteiger partial charge on any atom is -0.484 e. The van der Waals surface area contributed by atoms with Gasteiger partial charge < -0.3 is 15.0 Å². The monoisotopic (exact) mass is 372 g/mol. The Hall–Kier alpha value is -2.20. The van der Waals surface area contributed by atoms with Gasteiger partial charge in [0.1, 0.15) is 5.75 Å². The second-order valence-electron chi connectivity index (χ2n) is 6.77. The summed E-state index contributed by atoms with van der Waals surface area (Å²) in [5.74, 6) is 0.489. The fraction of sp³-hybridized carbons (Fsp3) is 0.381. The Kier molecular flexibility index (Phi) is 6.04. The summed E-state index contributed by atoms with van der Waals surface area (Å²) in [4.78, 5) is 14.7. The molecule has 1 N–H and O–H groups in total. The molecule has 5 heteroatoms. The van der Waals surface area contributed by atoms with Crippen molar-refractivity contribution in [2.75, 3.05) is 29.9 Å². The molecule has 0 radical (unpaired) electrons. The Balaban J connectivity index is 1.63. The van der Waals surface area contributed by atoms with Gasteiger partial charge in [-0.15, -0.1) is 0 Å². The molecule has 0 atom stereocenters. The predicted octanol–water partition coefficient (Wildman–Crippen LogP) is 4.96. The predicted molar refractivity (Wildman–Crippen MR) is 108 cm³/mol. The highest BCUT2D eigenvalue weighted by molar-refractivity contribution is 6.32. The quantitative estimate of drug-likeness (QED) is 0.806. The smallest absolute Gasteiger partial charge is 0.262 e. The number of aryl methyl sites for hydroxylation is 2.